The summed E-state index contributed by atoms with van der Waals surface area (Å²) in [6.07, 6.45) is 2.78. The monoisotopic (exact) mass is 635 g/mol. The van der Waals surface area contributed by atoms with Crippen LogP contribution in [0.4, 0.5) is 5.69 Å². The van der Waals surface area contributed by atoms with Gasteiger partial charge in [-0.3, -0.25) is 13.9 Å². The molecule has 2 amide bonds. The molecular weight excluding hydrogens is 590 g/mol. The number of aliphatic hydroxyl groups is 1. The number of nitrogens with one attached hydrogen (secondary N) is 4. The average molecular weight is 636 g/mol. The summed E-state index contributed by atoms with van der Waals surface area (Å²) in [5.41, 5.74) is 2.26. The van der Waals surface area contributed by atoms with Gasteiger partial charge in [0.25, 0.3) is 11.8 Å². The molecule has 0 radical (unpaired) electrons. The van der Waals surface area contributed by atoms with E-state index in [4.69, 9.17) is 0 Å². The van der Waals surface area contributed by atoms with Crippen LogP contribution in [-0.2, 0) is 16.4 Å². The second kappa shape index (κ2) is 16.0. The number of piperidine rings is 1. The third-order valence-electron chi connectivity index (χ3n) is 8.22. The lowest BCUT2D eigenvalue weighted by atomic mass is 9.98. The Labute approximate surface area is 266 Å². The Hall–Kier alpha value is -3.77. The van der Waals surface area contributed by atoms with Gasteiger partial charge in [-0.15, -0.1) is 0 Å². The van der Waals surface area contributed by atoms with Gasteiger partial charge >= 0.3 is 0 Å². The van der Waals surface area contributed by atoms with Gasteiger partial charge in [-0.1, -0.05) is 60.7 Å². The maximum Gasteiger partial charge on any atom is 0.251 e. The first kappa shape index (κ1) is 34.1. The van der Waals surface area contributed by atoms with E-state index in [1.165, 1.54) is 25.2 Å². The molecule has 1 heterocycles. The van der Waals surface area contributed by atoms with Crippen molar-refractivity contribution < 1.29 is 23.1 Å². The summed E-state index contributed by atoms with van der Waals surface area (Å²) < 4.78 is 25.9. The summed E-state index contributed by atoms with van der Waals surface area (Å²) in [6, 6.07) is 22.4. The van der Waals surface area contributed by atoms with Gasteiger partial charge in [-0.2, -0.15) is 0 Å². The summed E-state index contributed by atoms with van der Waals surface area (Å²) in [5.74, 6) is -0.497. The number of nitrogens with zero attached hydrogens (tertiary/aromatic N) is 1. The van der Waals surface area contributed by atoms with E-state index in [1.807, 2.05) is 67.6 Å². The zero-order chi connectivity index (χ0) is 32.4. The van der Waals surface area contributed by atoms with E-state index in [2.05, 4.69) is 21.3 Å². The molecule has 0 aliphatic carbocycles. The zero-order valence-electron chi connectivity index (χ0n) is 26.2. The molecule has 242 valence electrons. The van der Waals surface area contributed by atoms with Crippen molar-refractivity contribution in [2.75, 3.05) is 43.8 Å². The molecule has 1 aliphatic heterocycles. The zero-order valence-corrected chi connectivity index (χ0v) is 27.0. The highest BCUT2D eigenvalue weighted by Crippen LogP contribution is 2.22. The Morgan fingerprint density at radius 2 is 1.60 bits per heavy atom. The minimum Gasteiger partial charge on any atom is -0.390 e. The number of hydrogen-bond donors (Lipinski definition) is 5. The SMILES string of the molecule is C[C@@H](NC(=O)c1cc(C(=O)N[C@@H](Cc2ccccc2)[C@H](O)CNCC2CCCNC2)cc(N(C)S(C)(=O)=O)c1)c1ccccc1. The molecule has 3 aromatic rings. The molecule has 5 N–H and O–H groups in total. The Bertz CT molecular complexity index is 1510. The fraction of sp³-hybridized carbons (Fsp3) is 0.412. The molecule has 1 saturated heterocycles. The highest BCUT2D eigenvalue weighted by atomic mass is 32.2. The van der Waals surface area contributed by atoms with E-state index in [0.717, 1.165) is 54.2 Å². The molecule has 10 nitrogen and oxygen atoms in total. The summed E-state index contributed by atoms with van der Waals surface area (Å²) in [7, 11) is -2.32. The van der Waals surface area contributed by atoms with Crippen molar-refractivity contribution in [2.45, 2.75) is 44.4 Å². The van der Waals surface area contributed by atoms with E-state index in [0.29, 0.717) is 12.3 Å². The first-order valence-electron chi connectivity index (χ1n) is 15.4. The van der Waals surface area contributed by atoms with Crippen LogP contribution in [0.1, 0.15) is 57.7 Å². The van der Waals surface area contributed by atoms with Gasteiger partial charge in [0, 0.05) is 24.7 Å². The molecule has 0 spiro atoms. The van der Waals surface area contributed by atoms with Crippen molar-refractivity contribution in [3.05, 3.63) is 101 Å². The van der Waals surface area contributed by atoms with Crippen LogP contribution in [0.15, 0.2) is 78.9 Å². The van der Waals surface area contributed by atoms with E-state index in [9.17, 15) is 23.1 Å². The fourth-order valence-corrected chi connectivity index (χ4v) is 5.92. The van der Waals surface area contributed by atoms with Crippen molar-refractivity contribution in [1.82, 2.24) is 21.3 Å². The minimum atomic E-state index is -3.69. The van der Waals surface area contributed by atoms with Crippen molar-refractivity contribution in [2.24, 2.45) is 5.92 Å². The van der Waals surface area contributed by atoms with Gasteiger partial charge in [0.2, 0.25) is 10.0 Å². The topological polar surface area (TPSA) is 140 Å². The lowest BCUT2D eigenvalue weighted by Gasteiger charge is -2.27. The van der Waals surface area contributed by atoms with E-state index >= 15 is 0 Å². The van der Waals surface area contributed by atoms with Crippen LogP contribution in [0, 0.1) is 5.92 Å². The van der Waals surface area contributed by atoms with Crippen LogP contribution in [0.5, 0.6) is 0 Å². The Balaban J connectivity index is 1.56. The summed E-state index contributed by atoms with van der Waals surface area (Å²) in [5, 5.41) is 23.9. The predicted molar refractivity (Wildman–Crippen MR) is 178 cm³/mol. The third kappa shape index (κ3) is 10.1. The van der Waals surface area contributed by atoms with Crippen molar-refractivity contribution in [1.29, 1.82) is 0 Å². The number of hydrogen-bond acceptors (Lipinski definition) is 7. The number of carbonyl (C=O) groups is 2. The van der Waals surface area contributed by atoms with Crippen LogP contribution in [-0.4, -0.2) is 77.0 Å². The molecule has 0 saturated carbocycles. The number of carbonyl (C=O) groups excluding carboxylic acids is 2. The molecule has 0 aromatic heterocycles. The van der Waals surface area contributed by atoms with Gasteiger partial charge in [-0.25, -0.2) is 8.42 Å². The number of sulfonamides is 1. The normalized spacial score (nSPS) is 17.1. The van der Waals surface area contributed by atoms with Gasteiger partial charge < -0.3 is 26.4 Å². The maximum absolute atomic E-state index is 13.8. The lowest BCUT2D eigenvalue weighted by molar-refractivity contribution is 0.0828. The average Bonchev–Trinajstić information content (AvgIpc) is 3.04. The first-order valence-corrected chi connectivity index (χ1v) is 17.2. The van der Waals surface area contributed by atoms with Crippen LogP contribution < -0.4 is 25.6 Å². The fourth-order valence-electron chi connectivity index (χ4n) is 5.43. The van der Waals surface area contributed by atoms with Gasteiger partial charge in [0.05, 0.1) is 30.1 Å². The number of benzene rings is 3. The molecule has 1 unspecified atom stereocenters. The highest BCUT2D eigenvalue weighted by Gasteiger charge is 2.25. The largest absolute Gasteiger partial charge is 0.390 e. The number of amides is 2. The van der Waals surface area contributed by atoms with Crippen LogP contribution in [0.2, 0.25) is 0 Å². The predicted octanol–water partition coefficient (Wildman–Crippen LogP) is 2.86. The van der Waals surface area contributed by atoms with Gasteiger partial charge in [0.15, 0.2) is 0 Å². The standard InChI is InChI=1S/C34H45N5O5S/c1-24(27-14-8-5-9-15-27)37-33(41)28-18-29(20-30(19-28)39(2)45(3,43)44)34(42)38-31(17-25-11-6-4-7-12-25)32(40)23-36-22-26-13-10-16-35-21-26/h4-9,11-12,14-15,18-20,24,26,31-32,35-36,40H,10,13,16-17,21-23H2,1-3H3,(H,37,41)(H,38,42)/t24-,26?,31+,32-/m1/s1. The van der Waals surface area contributed by atoms with Crippen LogP contribution >= 0.6 is 0 Å². The quantitative estimate of drug-likeness (QED) is 0.184. The summed E-state index contributed by atoms with van der Waals surface area (Å²) in [4.78, 5) is 27.1. The Kier molecular flexibility index (Phi) is 12.1. The Morgan fingerprint density at radius 3 is 2.20 bits per heavy atom. The highest BCUT2D eigenvalue weighted by molar-refractivity contribution is 7.92. The first-order chi connectivity index (χ1) is 21.5. The molecule has 4 atom stereocenters. The second-order valence-corrected chi connectivity index (χ2v) is 13.8. The van der Waals surface area contributed by atoms with E-state index in [1.54, 1.807) is 0 Å². The third-order valence-corrected chi connectivity index (χ3v) is 9.42. The molecule has 1 fully saturated rings. The second-order valence-electron chi connectivity index (χ2n) is 11.8. The summed E-state index contributed by atoms with van der Waals surface area (Å²) >= 11 is 0. The van der Waals surface area contributed by atoms with Gasteiger partial charge in [0.1, 0.15) is 0 Å². The minimum absolute atomic E-state index is 0.104. The van der Waals surface area contributed by atoms with Crippen LogP contribution in [0.25, 0.3) is 0 Å². The number of anilines is 1. The molecule has 45 heavy (non-hydrogen) atoms. The Morgan fingerprint density at radius 1 is 0.978 bits per heavy atom. The molecule has 3 aromatic carbocycles. The van der Waals surface area contributed by atoms with E-state index < -0.39 is 34.0 Å². The maximum atomic E-state index is 13.8. The molecule has 0 bridgehead atoms. The summed E-state index contributed by atoms with van der Waals surface area (Å²) in [6.45, 7) is 4.86. The number of aliphatic hydroxyl groups excluding tert-OH is 1. The van der Waals surface area contributed by atoms with E-state index in [-0.39, 0.29) is 29.4 Å². The van der Waals surface area contributed by atoms with Crippen molar-refractivity contribution in [3.8, 4) is 0 Å². The van der Waals surface area contributed by atoms with Crippen LogP contribution in [0.3, 0.4) is 0 Å². The lowest BCUT2D eigenvalue weighted by Crippen LogP contribution is -2.49. The molecule has 1 aliphatic rings. The van der Waals surface area contributed by atoms with Crippen molar-refractivity contribution in [3.63, 3.8) is 0 Å². The van der Waals surface area contributed by atoms with Crippen molar-refractivity contribution >= 4 is 27.5 Å². The van der Waals surface area contributed by atoms with Gasteiger partial charge in [-0.05, 0) is 81.1 Å². The smallest absolute Gasteiger partial charge is 0.251 e. The molecule has 11 heteroatoms. The molecular formula is C34H45N5O5S. The molecule has 4 rings (SSSR count). The number of rotatable bonds is 14.